The van der Waals surface area contributed by atoms with Gasteiger partial charge >= 0.3 is 0 Å². The number of amides is 3. The van der Waals surface area contributed by atoms with Gasteiger partial charge in [-0.05, 0) is 36.5 Å². The highest BCUT2D eigenvalue weighted by atomic mass is 79.9. The fourth-order valence-electron chi connectivity index (χ4n) is 5.57. The van der Waals surface area contributed by atoms with Gasteiger partial charge in [0, 0.05) is 37.4 Å². The molecule has 5 rings (SSSR count). The van der Waals surface area contributed by atoms with Gasteiger partial charge in [0.05, 0.1) is 16.8 Å². The van der Waals surface area contributed by atoms with Gasteiger partial charge in [-0.1, -0.05) is 66.0 Å². The summed E-state index contributed by atoms with van der Waals surface area (Å²) in [7, 11) is 0. The topological polar surface area (TPSA) is 118 Å². The van der Waals surface area contributed by atoms with E-state index in [1.54, 1.807) is 24.3 Å². The van der Waals surface area contributed by atoms with E-state index in [-0.39, 0.29) is 38.3 Å². The monoisotopic (exact) mass is 681 g/mol. The summed E-state index contributed by atoms with van der Waals surface area (Å²) in [6.07, 6.45) is 0.711. The summed E-state index contributed by atoms with van der Waals surface area (Å²) in [4.78, 5) is 64.6. The van der Waals surface area contributed by atoms with Gasteiger partial charge in [-0.3, -0.25) is 29.3 Å². The van der Waals surface area contributed by atoms with Gasteiger partial charge in [-0.15, -0.1) is 0 Å². The van der Waals surface area contributed by atoms with Gasteiger partial charge in [-0.2, -0.15) is 5.01 Å². The number of Topliss-reactive ketones (excluding diaryl/α,β-unsaturated/α-hetero) is 1. The second-order valence-electron chi connectivity index (χ2n) is 9.09. The van der Waals surface area contributed by atoms with E-state index < -0.39 is 46.8 Å². The molecule has 6 atom stereocenters. The predicted molar refractivity (Wildman–Crippen MR) is 138 cm³/mol. The number of carbonyl (C=O) groups is 4. The Morgan fingerprint density at radius 1 is 0.972 bits per heavy atom. The van der Waals surface area contributed by atoms with Crippen LogP contribution in [0.2, 0.25) is 0 Å². The smallest absolute Gasteiger partial charge is 0.273 e. The molecule has 0 aromatic heterocycles. The molecular weight excluding hydrogens is 666 g/mol. The molecule has 0 unspecified atom stereocenters. The molecule has 0 radical (unpaired) electrons. The minimum atomic E-state index is -0.844. The van der Waals surface area contributed by atoms with Gasteiger partial charge in [0.25, 0.3) is 23.4 Å². The number of ketones is 1. The summed E-state index contributed by atoms with van der Waals surface area (Å²) in [5.41, 5.74) is -0.140. The van der Waals surface area contributed by atoms with Crippen molar-refractivity contribution in [3.05, 3.63) is 74.2 Å². The summed E-state index contributed by atoms with van der Waals surface area (Å²) in [5, 5.41) is 12.9. The SMILES string of the molecule is O=C(CN(C(=O)c1cccc([N+](=O)[O-])c1)N1C(=O)[C@@H]2[C@H]3C[C@@H]([C@H](Br)[C@@H]3Br)[C@@H]2C1=O)c1ccc(Br)cc1. The van der Waals surface area contributed by atoms with Gasteiger partial charge in [0.1, 0.15) is 6.54 Å². The van der Waals surface area contributed by atoms with Crippen molar-refractivity contribution in [3.63, 3.8) is 0 Å². The molecule has 3 amide bonds. The molecule has 2 aromatic rings. The lowest BCUT2D eigenvalue weighted by molar-refractivity contribution is -0.384. The van der Waals surface area contributed by atoms with Crippen molar-refractivity contribution in [1.29, 1.82) is 0 Å². The van der Waals surface area contributed by atoms with Crippen LogP contribution in [0.1, 0.15) is 27.1 Å². The third kappa shape index (κ3) is 4.03. The molecular formula is C24H18Br3N3O6. The number of alkyl halides is 2. The van der Waals surface area contributed by atoms with Gasteiger partial charge in [0.2, 0.25) is 0 Å². The van der Waals surface area contributed by atoms with Crippen LogP contribution in [0, 0.1) is 33.8 Å². The molecule has 1 aliphatic heterocycles. The number of carbonyl (C=O) groups excluding carboxylic acids is 4. The first-order valence-corrected chi connectivity index (χ1v) is 13.7. The molecule has 2 bridgehead atoms. The highest BCUT2D eigenvalue weighted by molar-refractivity contribution is 9.12. The molecule has 36 heavy (non-hydrogen) atoms. The number of nitro groups is 1. The Morgan fingerprint density at radius 2 is 1.56 bits per heavy atom. The van der Waals surface area contributed by atoms with E-state index in [0.717, 1.165) is 20.6 Å². The quantitative estimate of drug-likeness (QED) is 0.147. The maximum atomic E-state index is 13.6. The maximum Gasteiger partial charge on any atom is 0.273 e. The number of halogens is 3. The summed E-state index contributed by atoms with van der Waals surface area (Å²) < 4.78 is 0.755. The second kappa shape index (κ2) is 9.46. The van der Waals surface area contributed by atoms with Crippen LogP contribution in [0.3, 0.4) is 0 Å². The number of non-ortho nitro benzene ring substituents is 1. The third-order valence-corrected chi connectivity index (χ3v) is 10.9. The van der Waals surface area contributed by atoms with Crippen LogP contribution in [0.15, 0.2) is 53.0 Å². The number of fused-ring (bicyclic) bond motifs is 5. The number of hydrazine groups is 1. The molecule has 186 valence electrons. The van der Waals surface area contributed by atoms with E-state index in [2.05, 4.69) is 47.8 Å². The number of benzene rings is 2. The van der Waals surface area contributed by atoms with E-state index in [1.165, 1.54) is 18.2 Å². The highest BCUT2D eigenvalue weighted by Gasteiger charge is 2.67. The zero-order valence-corrected chi connectivity index (χ0v) is 23.2. The lowest BCUT2D eigenvalue weighted by Crippen LogP contribution is -2.52. The van der Waals surface area contributed by atoms with Crippen molar-refractivity contribution < 1.29 is 24.1 Å². The number of imide groups is 1. The van der Waals surface area contributed by atoms with Crippen LogP contribution in [0.5, 0.6) is 0 Å². The van der Waals surface area contributed by atoms with Crippen LogP contribution in [-0.2, 0) is 9.59 Å². The molecule has 2 aliphatic carbocycles. The molecule has 2 aromatic carbocycles. The van der Waals surface area contributed by atoms with Crippen molar-refractivity contribution in [3.8, 4) is 0 Å². The first-order chi connectivity index (χ1) is 17.1. The molecule has 1 saturated heterocycles. The van der Waals surface area contributed by atoms with Crippen LogP contribution >= 0.6 is 47.8 Å². The van der Waals surface area contributed by atoms with Crippen molar-refractivity contribution in [2.45, 2.75) is 16.1 Å². The third-order valence-electron chi connectivity index (χ3n) is 7.20. The molecule has 12 heteroatoms. The Bertz CT molecular complexity index is 1270. The minimum absolute atomic E-state index is 0.00534. The number of nitrogens with zero attached hydrogens (tertiary/aromatic N) is 3. The Labute approximate surface area is 230 Å². The number of nitro benzene ring substituents is 1. The summed E-state index contributed by atoms with van der Waals surface area (Å²) in [6.45, 7) is -0.578. The van der Waals surface area contributed by atoms with E-state index >= 15 is 0 Å². The van der Waals surface area contributed by atoms with Crippen molar-refractivity contribution in [2.75, 3.05) is 6.54 Å². The Hall–Kier alpha value is -2.44. The van der Waals surface area contributed by atoms with Crippen molar-refractivity contribution >= 4 is 77.0 Å². The zero-order chi connectivity index (χ0) is 25.9. The zero-order valence-electron chi connectivity index (χ0n) is 18.4. The van der Waals surface area contributed by atoms with Gasteiger partial charge in [-0.25, -0.2) is 5.01 Å². The highest BCUT2D eigenvalue weighted by Crippen LogP contribution is 2.60. The lowest BCUT2D eigenvalue weighted by Gasteiger charge is -2.30. The first-order valence-electron chi connectivity index (χ1n) is 11.1. The normalized spacial score (nSPS) is 28.4. The predicted octanol–water partition coefficient (Wildman–Crippen LogP) is 4.38. The molecule has 3 fully saturated rings. The first kappa shape index (κ1) is 25.2. The average Bonchev–Trinajstić information content (AvgIpc) is 3.47. The van der Waals surface area contributed by atoms with Crippen molar-refractivity contribution in [2.24, 2.45) is 23.7 Å². The fraction of sp³-hybridized carbons (Fsp3) is 0.333. The molecule has 0 spiro atoms. The molecule has 0 N–H and O–H groups in total. The van der Waals surface area contributed by atoms with Gasteiger partial charge < -0.3 is 0 Å². The van der Waals surface area contributed by atoms with E-state index in [0.29, 0.717) is 6.42 Å². The van der Waals surface area contributed by atoms with Crippen LogP contribution in [0.25, 0.3) is 0 Å². The molecule has 9 nitrogen and oxygen atoms in total. The van der Waals surface area contributed by atoms with Crippen molar-refractivity contribution in [1.82, 2.24) is 10.0 Å². The number of rotatable bonds is 6. The van der Waals surface area contributed by atoms with E-state index in [1.807, 2.05) is 0 Å². The number of hydrogen-bond donors (Lipinski definition) is 0. The second-order valence-corrected chi connectivity index (χ2v) is 12.1. The standard InChI is InChI=1S/C24H18Br3N3O6/c25-13-6-4-11(5-7-13)17(31)10-28(22(32)12-2-1-3-14(8-12)30(35)36)29-23(33)18-15-9-16(19(18)24(29)34)21(27)20(15)26/h1-8,15-16,18-21H,9-10H2/t15-,16-,18-,19+,20-,21+/m1/s1. The van der Waals surface area contributed by atoms with Crippen LogP contribution in [0.4, 0.5) is 5.69 Å². The number of hydrogen-bond acceptors (Lipinski definition) is 6. The molecule has 1 heterocycles. The lowest BCUT2D eigenvalue weighted by atomic mass is 9.81. The average molecular weight is 684 g/mol. The van der Waals surface area contributed by atoms with Crippen LogP contribution < -0.4 is 0 Å². The minimum Gasteiger partial charge on any atom is -0.292 e. The van der Waals surface area contributed by atoms with E-state index in [9.17, 15) is 29.3 Å². The Kier molecular flexibility index (Phi) is 6.63. The summed E-state index contributed by atoms with van der Waals surface area (Å²) in [5.74, 6) is -3.73. The van der Waals surface area contributed by atoms with Crippen LogP contribution in [-0.4, -0.2) is 54.6 Å². The molecule has 3 aliphatic rings. The molecule has 2 saturated carbocycles. The fourth-order valence-corrected chi connectivity index (χ4v) is 7.71. The largest absolute Gasteiger partial charge is 0.292 e. The summed E-state index contributed by atoms with van der Waals surface area (Å²) >= 11 is 10.6. The Balaban J connectivity index is 1.52. The summed E-state index contributed by atoms with van der Waals surface area (Å²) in [6, 6.07) is 11.5. The maximum absolute atomic E-state index is 13.6. The van der Waals surface area contributed by atoms with Gasteiger partial charge in [0.15, 0.2) is 5.78 Å². The van der Waals surface area contributed by atoms with E-state index in [4.69, 9.17) is 0 Å². The Morgan fingerprint density at radius 3 is 2.11 bits per heavy atom.